The van der Waals surface area contributed by atoms with Crippen LogP contribution in [0.25, 0.3) is 0 Å². The van der Waals surface area contributed by atoms with Gasteiger partial charge in [-0.05, 0) is 18.2 Å². The zero-order chi connectivity index (χ0) is 14.7. The van der Waals surface area contributed by atoms with Gasteiger partial charge in [-0.15, -0.1) is 0 Å². The molecule has 10 heteroatoms. The Hall–Kier alpha value is -1.39. The van der Waals surface area contributed by atoms with E-state index in [1.54, 1.807) is 0 Å². The van der Waals surface area contributed by atoms with Crippen molar-refractivity contribution in [2.75, 3.05) is 13.7 Å². The van der Waals surface area contributed by atoms with E-state index in [1.807, 2.05) is 0 Å². The molecule has 0 saturated carbocycles. The maximum atomic E-state index is 13.3. The molecule has 1 N–H and O–H groups in total. The van der Waals surface area contributed by atoms with Gasteiger partial charge in [-0.1, -0.05) is 4.89 Å². The molecule has 0 atom stereocenters. The van der Waals surface area contributed by atoms with Gasteiger partial charge in [0.05, 0.1) is 12.0 Å². The fourth-order valence-electron chi connectivity index (χ4n) is 1.05. The number of alkyl halides is 3. The molecule has 1 aromatic carbocycles. The van der Waals surface area contributed by atoms with E-state index in [0.717, 1.165) is 12.1 Å². The molecule has 108 valence electrons. The predicted octanol–water partition coefficient (Wildman–Crippen LogP) is 1.61. The average molecular weight is 303 g/mol. The van der Waals surface area contributed by atoms with Crippen LogP contribution in [0.4, 0.5) is 17.6 Å². The smallest absolute Gasteiger partial charge is 0.413 e. The van der Waals surface area contributed by atoms with Crippen LogP contribution >= 0.6 is 0 Å². The van der Waals surface area contributed by atoms with E-state index in [4.69, 9.17) is 0 Å². The molecule has 1 aromatic rings. The molecule has 0 fully saturated rings. The number of benzene rings is 1. The van der Waals surface area contributed by atoms with Gasteiger partial charge in [-0.2, -0.15) is 13.2 Å². The summed E-state index contributed by atoms with van der Waals surface area (Å²) < 4.78 is 76.0. The fourth-order valence-corrected chi connectivity index (χ4v) is 1.87. The minimum Gasteiger partial charge on any atom is -0.494 e. The van der Waals surface area contributed by atoms with Gasteiger partial charge in [0, 0.05) is 0 Å². The highest BCUT2D eigenvalue weighted by Crippen LogP contribution is 2.20. The maximum Gasteiger partial charge on any atom is 0.413 e. The molecule has 0 unspecified atom stereocenters. The molecule has 0 aliphatic heterocycles. The molecular weight excluding hydrogens is 294 g/mol. The molecule has 19 heavy (non-hydrogen) atoms. The zero-order valence-corrected chi connectivity index (χ0v) is 10.3. The van der Waals surface area contributed by atoms with Crippen molar-refractivity contribution >= 4 is 10.0 Å². The van der Waals surface area contributed by atoms with Crippen LogP contribution in [-0.4, -0.2) is 28.3 Å². The van der Waals surface area contributed by atoms with Gasteiger partial charge in [-0.3, -0.25) is 4.84 Å². The first-order valence-electron chi connectivity index (χ1n) is 4.69. The zero-order valence-electron chi connectivity index (χ0n) is 9.49. The van der Waals surface area contributed by atoms with Gasteiger partial charge in [0.1, 0.15) is 0 Å². The molecule has 0 aliphatic carbocycles. The standard InChI is InChI=1S/C9H9F4NO4S/c1-17-8-3-2-6(4-7(8)10)19(15,16)14-18-5-9(11,12)13/h2-4,14H,5H2,1H3. The Morgan fingerprint density at radius 3 is 2.42 bits per heavy atom. The molecule has 0 spiro atoms. The summed E-state index contributed by atoms with van der Waals surface area (Å²) in [6.45, 7) is -1.80. The normalized spacial score (nSPS) is 12.5. The van der Waals surface area contributed by atoms with Crippen molar-refractivity contribution < 1.29 is 35.6 Å². The third-order valence-electron chi connectivity index (χ3n) is 1.84. The van der Waals surface area contributed by atoms with E-state index in [0.29, 0.717) is 6.07 Å². The molecule has 0 aromatic heterocycles. The van der Waals surface area contributed by atoms with Crippen molar-refractivity contribution in [1.82, 2.24) is 4.89 Å². The van der Waals surface area contributed by atoms with E-state index < -0.39 is 33.5 Å². The highest BCUT2D eigenvalue weighted by molar-refractivity contribution is 7.89. The Labute approximate surface area is 106 Å². The predicted molar refractivity (Wildman–Crippen MR) is 55.3 cm³/mol. The summed E-state index contributed by atoms with van der Waals surface area (Å²) in [5.41, 5.74) is 0. The Morgan fingerprint density at radius 2 is 1.95 bits per heavy atom. The van der Waals surface area contributed by atoms with Crippen LogP contribution < -0.4 is 9.62 Å². The van der Waals surface area contributed by atoms with Crippen LogP contribution in [0.3, 0.4) is 0 Å². The van der Waals surface area contributed by atoms with Gasteiger partial charge in [0.15, 0.2) is 18.2 Å². The Balaban J connectivity index is 2.80. The quantitative estimate of drug-likeness (QED) is 0.663. The first-order chi connectivity index (χ1) is 8.65. The number of halogens is 4. The van der Waals surface area contributed by atoms with Gasteiger partial charge < -0.3 is 4.74 Å². The molecule has 0 saturated heterocycles. The number of hydrogen-bond acceptors (Lipinski definition) is 4. The lowest BCUT2D eigenvalue weighted by molar-refractivity contribution is -0.181. The second kappa shape index (κ2) is 5.72. The lowest BCUT2D eigenvalue weighted by Gasteiger charge is -2.10. The first-order valence-corrected chi connectivity index (χ1v) is 6.18. The largest absolute Gasteiger partial charge is 0.494 e. The summed E-state index contributed by atoms with van der Waals surface area (Å²) >= 11 is 0. The minimum absolute atomic E-state index is 0.199. The van der Waals surface area contributed by atoms with Gasteiger partial charge in [-0.25, -0.2) is 12.8 Å². The van der Waals surface area contributed by atoms with Crippen LogP contribution in [0.2, 0.25) is 0 Å². The topological polar surface area (TPSA) is 64.6 Å². The molecule has 0 aliphatic rings. The second-order valence-corrected chi connectivity index (χ2v) is 4.93. The van der Waals surface area contributed by atoms with Crippen molar-refractivity contribution in [3.63, 3.8) is 0 Å². The van der Waals surface area contributed by atoms with Crippen molar-refractivity contribution in [2.24, 2.45) is 0 Å². The van der Waals surface area contributed by atoms with E-state index in [9.17, 15) is 26.0 Å². The first kappa shape index (κ1) is 15.7. The molecule has 0 bridgehead atoms. The van der Waals surface area contributed by atoms with Gasteiger partial charge in [0.2, 0.25) is 0 Å². The number of ether oxygens (including phenoxy) is 1. The highest BCUT2D eigenvalue weighted by atomic mass is 32.2. The summed E-state index contributed by atoms with van der Waals surface area (Å²) in [5, 5.41) is 0. The molecule has 0 heterocycles. The van der Waals surface area contributed by atoms with Crippen molar-refractivity contribution in [3.8, 4) is 5.75 Å². The number of hydrogen-bond donors (Lipinski definition) is 1. The summed E-state index contributed by atoms with van der Waals surface area (Å²) in [7, 11) is -3.22. The number of methoxy groups -OCH3 is 1. The molecule has 5 nitrogen and oxygen atoms in total. The average Bonchev–Trinajstić information content (AvgIpc) is 2.26. The van der Waals surface area contributed by atoms with E-state index >= 15 is 0 Å². The van der Waals surface area contributed by atoms with Crippen LogP contribution in [-0.2, 0) is 14.9 Å². The van der Waals surface area contributed by atoms with Crippen LogP contribution in [0.5, 0.6) is 5.75 Å². The maximum absolute atomic E-state index is 13.3. The lowest BCUT2D eigenvalue weighted by atomic mass is 10.3. The summed E-state index contributed by atoms with van der Waals surface area (Å²) in [4.78, 5) is 4.45. The van der Waals surface area contributed by atoms with Crippen LogP contribution in [0, 0.1) is 5.82 Å². The summed E-state index contributed by atoms with van der Waals surface area (Å²) in [6.07, 6.45) is -4.69. The molecule has 1 rings (SSSR count). The highest BCUT2D eigenvalue weighted by Gasteiger charge is 2.29. The number of sulfonamides is 1. The second-order valence-electron chi connectivity index (χ2n) is 3.29. The third-order valence-corrected chi connectivity index (χ3v) is 3.05. The Kier molecular flexibility index (Phi) is 4.71. The summed E-state index contributed by atoms with van der Waals surface area (Å²) in [6, 6.07) is 2.58. The Bertz CT molecular complexity index is 544. The fraction of sp³-hybridized carbons (Fsp3) is 0.333. The van der Waals surface area contributed by atoms with Crippen molar-refractivity contribution in [3.05, 3.63) is 24.0 Å². The minimum atomic E-state index is -4.69. The van der Waals surface area contributed by atoms with Crippen molar-refractivity contribution in [1.29, 1.82) is 0 Å². The third kappa shape index (κ3) is 4.65. The Morgan fingerprint density at radius 1 is 1.32 bits per heavy atom. The number of nitrogens with one attached hydrogen (secondary N) is 1. The number of rotatable bonds is 5. The molecule has 0 radical (unpaired) electrons. The van der Waals surface area contributed by atoms with Crippen LogP contribution in [0.1, 0.15) is 0 Å². The monoisotopic (exact) mass is 303 g/mol. The van der Waals surface area contributed by atoms with Crippen LogP contribution in [0.15, 0.2) is 23.1 Å². The van der Waals surface area contributed by atoms with Gasteiger partial charge in [0.25, 0.3) is 10.0 Å². The summed E-state index contributed by atoms with van der Waals surface area (Å²) in [5.74, 6) is -1.17. The molecular formula is C9H9F4NO4S. The molecule has 0 amide bonds. The van der Waals surface area contributed by atoms with E-state index in [1.165, 1.54) is 12.0 Å². The van der Waals surface area contributed by atoms with E-state index in [2.05, 4.69) is 9.57 Å². The van der Waals surface area contributed by atoms with Gasteiger partial charge >= 0.3 is 6.18 Å². The lowest BCUT2D eigenvalue weighted by Crippen LogP contribution is -2.29. The van der Waals surface area contributed by atoms with Crippen molar-refractivity contribution in [2.45, 2.75) is 11.1 Å². The van der Waals surface area contributed by atoms with E-state index in [-0.39, 0.29) is 5.75 Å². The SMILES string of the molecule is COc1ccc(S(=O)(=O)NOCC(F)(F)F)cc1F.